The summed E-state index contributed by atoms with van der Waals surface area (Å²) in [5.41, 5.74) is 1.10. The SMILES string of the molecule is CC(C)N(C)S(=O)(=O)c1cccc(C(=O)N2CCSc3ccc(Cl)cc32)c1. The Morgan fingerprint density at radius 1 is 1.22 bits per heavy atom. The Hall–Kier alpha value is -1.54. The van der Waals surface area contributed by atoms with Crippen molar-refractivity contribution >= 4 is 45.0 Å². The average molecular weight is 425 g/mol. The smallest absolute Gasteiger partial charge is 0.258 e. The first-order valence-corrected chi connectivity index (χ1v) is 11.3. The van der Waals surface area contributed by atoms with Gasteiger partial charge in [0.2, 0.25) is 10.0 Å². The number of carbonyl (C=O) groups is 1. The number of fused-ring (bicyclic) bond motifs is 1. The topological polar surface area (TPSA) is 57.7 Å². The number of sulfonamides is 1. The zero-order chi connectivity index (χ0) is 19.8. The van der Waals surface area contributed by atoms with Gasteiger partial charge in [0.05, 0.1) is 10.6 Å². The Morgan fingerprint density at radius 3 is 2.67 bits per heavy atom. The largest absolute Gasteiger partial charge is 0.306 e. The molecule has 0 fully saturated rings. The molecule has 2 aromatic rings. The Balaban J connectivity index is 1.98. The molecule has 8 heteroatoms. The van der Waals surface area contributed by atoms with E-state index in [9.17, 15) is 13.2 Å². The third-order valence-electron chi connectivity index (χ3n) is 4.51. The van der Waals surface area contributed by atoms with Gasteiger partial charge in [-0.05, 0) is 50.2 Å². The lowest BCUT2D eigenvalue weighted by molar-refractivity contribution is 0.0987. The first kappa shape index (κ1) is 20.2. The minimum Gasteiger partial charge on any atom is -0.306 e. The van der Waals surface area contributed by atoms with Gasteiger partial charge < -0.3 is 4.90 Å². The molecule has 0 bridgehead atoms. The van der Waals surface area contributed by atoms with Crippen molar-refractivity contribution in [3.8, 4) is 0 Å². The zero-order valence-corrected chi connectivity index (χ0v) is 17.7. The molecule has 0 aromatic heterocycles. The van der Waals surface area contributed by atoms with Gasteiger partial charge >= 0.3 is 0 Å². The molecule has 1 aliphatic rings. The molecule has 144 valence electrons. The van der Waals surface area contributed by atoms with Gasteiger partial charge in [-0.2, -0.15) is 4.31 Å². The van der Waals surface area contributed by atoms with Crippen LogP contribution in [0.3, 0.4) is 0 Å². The van der Waals surface area contributed by atoms with E-state index >= 15 is 0 Å². The number of rotatable bonds is 4. The fraction of sp³-hybridized carbons (Fsp3) is 0.316. The molecule has 0 atom stereocenters. The summed E-state index contributed by atoms with van der Waals surface area (Å²) in [7, 11) is -2.12. The first-order chi connectivity index (χ1) is 12.7. The van der Waals surface area contributed by atoms with E-state index in [0.717, 1.165) is 16.3 Å². The van der Waals surface area contributed by atoms with Crippen LogP contribution < -0.4 is 4.90 Å². The lowest BCUT2D eigenvalue weighted by atomic mass is 10.1. The molecule has 0 N–H and O–H groups in total. The fourth-order valence-electron chi connectivity index (χ4n) is 2.79. The first-order valence-electron chi connectivity index (χ1n) is 8.54. The van der Waals surface area contributed by atoms with Gasteiger partial charge in [0.1, 0.15) is 0 Å². The molecule has 0 spiro atoms. The van der Waals surface area contributed by atoms with E-state index in [-0.39, 0.29) is 16.8 Å². The summed E-state index contributed by atoms with van der Waals surface area (Å²) in [5.74, 6) is 0.539. The van der Waals surface area contributed by atoms with Crippen LogP contribution in [-0.4, -0.2) is 44.0 Å². The number of anilines is 1. The molecule has 2 aromatic carbocycles. The number of amides is 1. The number of thioether (sulfide) groups is 1. The lowest BCUT2D eigenvalue weighted by Gasteiger charge is -2.29. The number of benzene rings is 2. The highest BCUT2D eigenvalue weighted by Crippen LogP contribution is 2.37. The summed E-state index contributed by atoms with van der Waals surface area (Å²) in [5, 5.41) is 0.559. The van der Waals surface area contributed by atoms with E-state index in [4.69, 9.17) is 11.6 Å². The summed E-state index contributed by atoms with van der Waals surface area (Å²) in [4.78, 5) is 15.9. The summed E-state index contributed by atoms with van der Waals surface area (Å²) in [6.07, 6.45) is 0. The monoisotopic (exact) mass is 424 g/mol. The number of hydrogen-bond acceptors (Lipinski definition) is 4. The van der Waals surface area contributed by atoms with Crippen molar-refractivity contribution in [2.45, 2.75) is 29.7 Å². The maximum absolute atomic E-state index is 13.1. The van der Waals surface area contributed by atoms with Crippen molar-refractivity contribution in [2.75, 3.05) is 24.2 Å². The summed E-state index contributed by atoms with van der Waals surface area (Å²) in [6, 6.07) is 11.5. The summed E-state index contributed by atoms with van der Waals surface area (Å²) < 4.78 is 26.8. The second kappa shape index (κ2) is 7.83. The molecule has 0 saturated carbocycles. The van der Waals surface area contributed by atoms with Crippen molar-refractivity contribution in [1.29, 1.82) is 0 Å². The third-order valence-corrected chi connectivity index (χ3v) is 7.82. The van der Waals surface area contributed by atoms with E-state index in [0.29, 0.717) is 17.1 Å². The molecule has 27 heavy (non-hydrogen) atoms. The molecule has 1 aliphatic heterocycles. The van der Waals surface area contributed by atoms with Gasteiger partial charge in [-0.15, -0.1) is 11.8 Å². The van der Waals surface area contributed by atoms with Crippen molar-refractivity contribution in [3.63, 3.8) is 0 Å². The van der Waals surface area contributed by atoms with Crippen LogP contribution in [0.5, 0.6) is 0 Å². The second-order valence-corrected chi connectivity index (χ2v) is 10.1. The Morgan fingerprint density at radius 2 is 1.96 bits per heavy atom. The average Bonchev–Trinajstić information content (AvgIpc) is 2.66. The van der Waals surface area contributed by atoms with Crippen LogP contribution in [0.1, 0.15) is 24.2 Å². The number of hydrogen-bond donors (Lipinski definition) is 0. The van der Waals surface area contributed by atoms with E-state index in [1.165, 1.54) is 23.5 Å². The molecule has 0 aliphatic carbocycles. The van der Waals surface area contributed by atoms with E-state index in [1.807, 2.05) is 6.07 Å². The number of nitrogens with zero attached hydrogens (tertiary/aromatic N) is 2. The number of carbonyl (C=O) groups excluding carboxylic acids is 1. The van der Waals surface area contributed by atoms with Crippen LogP contribution in [-0.2, 0) is 10.0 Å². The van der Waals surface area contributed by atoms with Gasteiger partial charge in [0, 0.05) is 40.9 Å². The van der Waals surface area contributed by atoms with Gasteiger partial charge in [-0.1, -0.05) is 17.7 Å². The van der Waals surface area contributed by atoms with E-state index in [2.05, 4.69) is 0 Å². The van der Waals surface area contributed by atoms with Crippen LogP contribution in [0.25, 0.3) is 0 Å². The van der Waals surface area contributed by atoms with Crippen LogP contribution >= 0.6 is 23.4 Å². The minimum atomic E-state index is -3.65. The van der Waals surface area contributed by atoms with Gasteiger partial charge in [-0.25, -0.2) is 8.42 Å². The van der Waals surface area contributed by atoms with Crippen molar-refractivity contribution in [2.24, 2.45) is 0 Å². The summed E-state index contributed by atoms with van der Waals surface area (Å²) >= 11 is 7.78. The Kier molecular flexibility index (Phi) is 5.86. The highest BCUT2D eigenvalue weighted by atomic mass is 35.5. The highest BCUT2D eigenvalue weighted by molar-refractivity contribution is 7.99. The third kappa shape index (κ3) is 4.01. The van der Waals surface area contributed by atoms with Crippen LogP contribution in [0.2, 0.25) is 5.02 Å². The minimum absolute atomic E-state index is 0.113. The maximum Gasteiger partial charge on any atom is 0.258 e. The predicted octanol–water partition coefficient (Wildman–Crippen LogP) is 4.12. The Labute approximate surface area is 169 Å². The van der Waals surface area contributed by atoms with Gasteiger partial charge in [0.25, 0.3) is 5.91 Å². The van der Waals surface area contributed by atoms with Crippen LogP contribution in [0.15, 0.2) is 52.3 Å². The molecular weight excluding hydrogens is 404 g/mol. The second-order valence-electron chi connectivity index (χ2n) is 6.56. The fourth-order valence-corrected chi connectivity index (χ4v) is 5.35. The van der Waals surface area contributed by atoms with Crippen LogP contribution in [0.4, 0.5) is 5.69 Å². The van der Waals surface area contributed by atoms with Crippen molar-refractivity contribution < 1.29 is 13.2 Å². The number of halogens is 1. The normalized spacial score (nSPS) is 14.5. The van der Waals surface area contributed by atoms with E-state index < -0.39 is 10.0 Å². The van der Waals surface area contributed by atoms with Crippen LogP contribution in [0, 0.1) is 0 Å². The van der Waals surface area contributed by atoms with E-state index in [1.54, 1.807) is 54.8 Å². The molecule has 0 saturated heterocycles. The molecule has 5 nitrogen and oxygen atoms in total. The van der Waals surface area contributed by atoms with Crippen molar-refractivity contribution in [1.82, 2.24) is 4.31 Å². The standard InChI is InChI=1S/C19H21ClN2O3S2/c1-13(2)21(3)27(24,25)16-6-4-5-14(11-16)19(23)22-9-10-26-18-8-7-15(20)12-17(18)22/h4-8,11-13H,9-10H2,1-3H3. The van der Waals surface area contributed by atoms with Gasteiger partial charge in [-0.3, -0.25) is 4.79 Å². The molecule has 1 amide bonds. The van der Waals surface area contributed by atoms with Crippen molar-refractivity contribution in [3.05, 3.63) is 53.1 Å². The lowest BCUT2D eigenvalue weighted by Crippen LogP contribution is -2.36. The maximum atomic E-state index is 13.1. The molecule has 1 heterocycles. The predicted molar refractivity (Wildman–Crippen MR) is 110 cm³/mol. The Bertz CT molecular complexity index is 977. The summed E-state index contributed by atoms with van der Waals surface area (Å²) in [6.45, 7) is 4.15. The quantitative estimate of drug-likeness (QED) is 0.740. The molecular formula is C19H21ClN2O3S2. The zero-order valence-electron chi connectivity index (χ0n) is 15.3. The molecule has 3 rings (SSSR count). The van der Waals surface area contributed by atoms with Gasteiger partial charge in [0.15, 0.2) is 0 Å². The molecule has 0 unspecified atom stereocenters. The molecule has 0 radical (unpaired) electrons. The highest BCUT2D eigenvalue weighted by Gasteiger charge is 2.27.